The summed E-state index contributed by atoms with van der Waals surface area (Å²) in [5.74, 6) is 4.38. The Labute approximate surface area is 62.2 Å². The van der Waals surface area contributed by atoms with Crippen molar-refractivity contribution < 1.29 is 13.2 Å². The molecule has 58 valence electrons. The molecule has 1 rings (SSSR count). The first-order valence-corrected chi connectivity index (χ1v) is 2.90. The van der Waals surface area contributed by atoms with E-state index in [0.717, 1.165) is 0 Å². The van der Waals surface area contributed by atoms with E-state index in [9.17, 15) is 8.78 Å². The first-order valence-electron chi connectivity index (χ1n) is 2.90. The van der Waals surface area contributed by atoms with Gasteiger partial charge >= 0.3 is 0 Å². The van der Waals surface area contributed by atoms with Crippen molar-refractivity contribution in [1.29, 1.82) is 0 Å². The van der Waals surface area contributed by atoms with E-state index < -0.39 is 6.43 Å². The molecule has 1 aromatic rings. The molecule has 1 heterocycles. The van der Waals surface area contributed by atoms with Gasteiger partial charge in [0.2, 0.25) is 0 Å². The number of hydrogen-bond acceptors (Lipinski definition) is 2. The maximum absolute atomic E-state index is 11.5. The molecule has 0 N–H and O–H groups in total. The van der Waals surface area contributed by atoms with Gasteiger partial charge < -0.3 is 4.42 Å². The number of aromatic nitrogens is 1. The molecule has 0 saturated carbocycles. The quantitative estimate of drug-likeness (QED) is 0.534. The zero-order valence-electron chi connectivity index (χ0n) is 5.77. The van der Waals surface area contributed by atoms with Gasteiger partial charge in [-0.25, -0.2) is 4.98 Å². The molecule has 0 amide bonds. The second kappa shape index (κ2) is 3.15. The Morgan fingerprint density at radius 1 is 1.64 bits per heavy atom. The zero-order valence-corrected chi connectivity index (χ0v) is 5.77. The molecule has 11 heavy (non-hydrogen) atoms. The minimum absolute atomic E-state index is 0.169. The molecule has 0 bridgehead atoms. The predicted octanol–water partition coefficient (Wildman–Crippen LogP) is 1.60. The fraction of sp³-hybridized carbons (Fsp3) is 0.286. The molecule has 1 aromatic heterocycles. The lowest BCUT2D eigenvalue weighted by Crippen LogP contribution is -1.80. The lowest BCUT2D eigenvalue weighted by atomic mass is 10.5. The first kappa shape index (κ1) is 7.73. The highest BCUT2D eigenvalue weighted by molar-refractivity contribution is 5.23. The number of hydrogen-bond donors (Lipinski definition) is 0. The number of aryl methyl sites for hydroxylation is 1. The number of rotatable bonds is 0. The largest absolute Gasteiger partial charge is 0.433 e. The van der Waals surface area contributed by atoms with Crippen LogP contribution in [0.25, 0.3) is 0 Å². The smallest absolute Gasteiger partial charge is 0.299 e. The highest BCUT2D eigenvalue weighted by Crippen LogP contribution is 1.99. The van der Waals surface area contributed by atoms with Gasteiger partial charge in [-0.15, -0.1) is 0 Å². The van der Waals surface area contributed by atoms with Crippen LogP contribution < -0.4 is 0 Å². The van der Waals surface area contributed by atoms with Gasteiger partial charge in [-0.05, 0) is 11.8 Å². The summed E-state index contributed by atoms with van der Waals surface area (Å²) in [6.45, 7) is 1.62. The molecular formula is C7H5F2NO. The van der Waals surface area contributed by atoms with Gasteiger partial charge in [-0.2, -0.15) is 8.78 Å². The van der Waals surface area contributed by atoms with E-state index in [1.165, 1.54) is 6.20 Å². The van der Waals surface area contributed by atoms with Crippen molar-refractivity contribution in [3.8, 4) is 11.8 Å². The first-order chi connectivity index (χ1) is 5.18. The third-order valence-corrected chi connectivity index (χ3v) is 0.926. The molecule has 0 aliphatic heterocycles. The molecule has 0 atom stereocenters. The summed E-state index contributed by atoms with van der Waals surface area (Å²) >= 11 is 0. The Morgan fingerprint density at radius 3 is 2.82 bits per heavy atom. The number of oxazole rings is 1. The van der Waals surface area contributed by atoms with Crippen LogP contribution in [-0.4, -0.2) is 11.4 Å². The topological polar surface area (TPSA) is 26.0 Å². The van der Waals surface area contributed by atoms with Crippen molar-refractivity contribution in [3.05, 3.63) is 17.8 Å². The van der Waals surface area contributed by atoms with Gasteiger partial charge in [0.1, 0.15) is 0 Å². The predicted molar refractivity (Wildman–Crippen MR) is 34.1 cm³/mol. The summed E-state index contributed by atoms with van der Waals surface area (Å²) in [7, 11) is 0. The molecular weight excluding hydrogens is 152 g/mol. The van der Waals surface area contributed by atoms with Crippen LogP contribution in [0.4, 0.5) is 8.78 Å². The summed E-state index contributed by atoms with van der Waals surface area (Å²) < 4.78 is 27.8. The standard InChI is InChI=1S/C7H5F2NO/c1-5-10-4-6(11-5)2-3-7(8)9/h4,7H,1H3. The molecule has 0 spiro atoms. The number of halogens is 2. The van der Waals surface area contributed by atoms with E-state index in [-0.39, 0.29) is 5.76 Å². The lowest BCUT2D eigenvalue weighted by molar-refractivity contribution is 0.215. The summed E-state index contributed by atoms with van der Waals surface area (Å²) in [6, 6.07) is 0. The SMILES string of the molecule is Cc1ncc(C#CC(F)F)o1. The molecule has 0 saturated heterocycles. The van der Waals surface area contributed by atoms with E-state index in [0.29, 0.717) is 5.89 Å². The van der Waals surface area contributed by atoms with Gasteiger partial charge in [0.25, 0.3) is 6.43 Å². The fourth-order valence-corrected chi connectivity index (χ4v) is 0.545. The van der Waals surface area contributed by atoms with E-state index in [4.69, 9.17) is 4.42 Å². The second-order valence-electron chi connectivity index (χ2n) is 1.81. The minimum atomic E-state index is -2.62. The van der Waals surface area contributed by atoms with Gasteiger partial charge in [0, 0.05) is 6.92 Å². The maximum atomic E-state index is 11.5. The Balaban J connectivity index is 2.74. The molecule has 0 radical (unpaired) electrons. The molecule has 4 heteroatoms. The van der Waals surface area contributed by atoms with Crippen molar-refractivity contribution in [3.63, 3.8) is 0 Å². The summed E-state index contributed by atoms with van der Waals surface area (Å²) in [4.78, 5) is 3.68. The number of alkyl halides is 2. The zero-order chi connectivity index (χ0) is 8.27. The molecule has 0 unspecified atom stereocenters. The Hall–Kier alpha value is -1.37. The summed E-state index contributed by atoms with van der Waals surface area (Å²) in [6.07, 6.45) is -1.31. The van der Waals surface area contributed by atoms with Crippen LogP contribution in [0.3, 0.4) is 0 Å². The van der Waals surface area contributed by atoms with Crippen LogP contribution in [0.2, 0.25) is 0 Å². The molecule has 2 nitrogen and oxygen atoms in total. The Kier molecular flexibility index (Phi) is 2.21. The molecule has 0 fully saturated rings. The van der Waals surface area contributed by atoms with Gasteiger partial charge in [-0.1, -0.05) is 0 Å². The van der Waals surface area contributed by atoms with E-state index in [1.807, 2.05) is 0 Å². The summed E-state index contributed by atoms with van der Waals surface area (Å²) in [5, 5.41) is 0. The van der Waals surface area contributed by atoms with Crippen molar-refractivity contribution >= 4 is 0 Å². The Morgan fingerprint density at radius 2 is 2.36 bits per heavy atom. The van der Waals surface area contributed by atoms with E-state index in [1.54, 1.807) is 12.8 Å². The molecule has 0 aliphatic carbocycles. The van der Waals surface area contributed by atoms with Crippen LogP contribution >= 0.6 is 0 Å². The van der Waals surface area contributed by atoms with Gasteiger partial charge in [0.15, 0.2) is 11.7 Å². The van der Waals surface area contributed by atoms with Crippen molar-refractivity contribution in [2.45, 2.75) is 13.3 Å². The van der Waals surface area contributed by atoms with Crippen LogP contribution in [0.15, 0.2) is 10.6 Å². The van der Waals surface area contributed by atoms with Crippen LogP contribution in [0.1, 0.15) is 11.7 Å². The average Bonchev–Trinajstić information content (AvgIpc) is 2.31. The molecule has 0 aromatic carbocycles. The van der Waals surface area contributed by atoms with Crippen LogP contribution in [0, 0.1) is 18.8 Å². The third-order valence-electron chi connectivity index (χ3n) is 0.926. The van der Waals surface area contributed by atoms with Crippen LogP contribution in [-0.2, 0) is 0 Å². The maximum Gasteiger partial charge on any atom is 0.299 e. The normalized spacial score (nSPS) is 9.45. The van der Waals surface area contributed by atoms with Gasteiger partial charge in [-0.3, -0.25) is 0 Å². The number of nitrogens with zero attached hydrogens (tertiary/aromatic N) is 1. The van der Waals surface area contributed by atoms with Crippen molar-refractivity contribution in [2.75, 3.05) is 0 Å². The summed E-state index contributed by atoms with van der Waals surface area (Å²) in [5.41, 5.74) is 0. The second-order valence-corrected chi connectivity index (χ2v) is 1.81. The van der Waals surface area contributed by atoms with E-state index >= 15 is 0 Å². The fourth-order valence-electron chi connectivity index (χ4n) is 0.545. The van der Waals surface area contributed by atoms with Crippen LogP contribution in [0.5, 0.6) is 0 Å². The highest BCUT2D eigenvalue weighted by atomic mass is 19.3. The van der Waals surface area contributed by atoms with E-state index in [2.05, 4.69) is 10.9 Å². The van der Waals surface area contributed by atoms with Crippen molar-refractivity contribution in [1.82, 2.24) is 4.98 Å². The average molecular weight is 157 g/mol. The lowest BCUT2D eigenvalue weighted by Gasteiger charge is -1.78. The van der Waals surface area contributed by atoms with Crippen molar-refractivity contribution in [2.24, 2.45) is 0 Å². The minimum Gasteiger partial charge on any atom is -0.433 e. The molecule has 0 aliphatic rings. The monoisotopic (exact) mass is 157 g/mol. The third kappa shape index (κ3) is 2.38. The van der Waals surface area contributed by atoms with Gasteiger partial charge in [0.05, 0.1) is 6.20 Å². The highest BCUT2D eigenvalue weighted by Gasteiger charge is 1.96. The Bertz CT molecular complexity index is 295.